The molecular formula is C8H13KO2. The van der Waals surface area contributed by atoms with Gasteiger partial charge in [0.25, 0.3) is 0 Å². The summed E-state index contributed by atoms with van der Waals surface area (Å²) < 4.78 is 0. The third-order valence-corrected chi connectivity index (χ3v) is 1.75. The number of Topliss-reactive ketones (excluding diaryl/α,β-unsaturated/α-hetero) is 2. The van der Waals surface area contributed by atoms with Crippen LogP contribution in [-0.4, -0.2) is 63.0 Å². The summed E-state index contributed by atoms with van der Waals surface area (Å²) in [6.45, 7) is 3.92. The summed E-state index contributed by atoms with van der Waals surface area (Å²) in [4.78, 5) is 21.7. The third kappa shape index (κ3) is 3.94. The zero-order valence-corrected chi connectivity index (χ0v) is 6.44. The van der Waals surface area contributed by atoms with Crippen LogP contribution in [0.5, 0.6) is 0 Å². The molecule has 1 aliphatic carbocycles. The summed E-state index contributed by atoms with van der Waals surface area (Å²) in [5.74, 6) is 0.197. The molecular weight excluding hydrogens is 167 g/mol. The number of ketones is 2. The van der Waals surface area contributed by atoms with Gasteiger partial charge < -0.3 is 0 Å². The van der Waals surface area contributed by atoms with Crippen molar-refractivity contribution in [3.63, 3.8) is 0 Å². The quantitative estimate of drug-likeness (QED) is 0.406. The molecule has 0 saturated heterocycles. The van der Waals surface area contributed by atoms with E-state index in [1.54, 1.807) is 0 Å². The molecule has 0 aliphatic heterocycles. The van der Waals surface area contributed by atoms with Crippen LogP contribution < -0.4 is 0 Å². The fraction of sp³-hybridized carbons (Fsp3) is 0.750. The van der Waals surface area contributed by atoms with E-state index in [1.807, 2.05) is 13.8 Å². The number of hydrogen-bond donors (Lipinski definition) is 0. The normalized spacial score (nSPS) is 22.7. The molecule has 58 valence electrons. The first-order valence-electron chi connectivity index (χ1n) is 3.53. The Bertz CT molecular complexity index is 167. The molecule has 0 atom stereocenters. The molecule has 0 unspecified atom stereocenters. The van der Waals surface area contributed by atoms with E-state index in [2.05, 4.69) is 0 Å². The van der Waals surface area contributed by atoms with Gasteiger partial charge in [0.1, 0.15) is 11.6 Å². The average Bonchev–Trinajstić information content (AvgIpc) is 1.54. The van der Waals surface area contributed by atoms with Gasteiger partial charge in [0.05, 0.1) is 6.42 Å². The topological polar surface area (TPSA) is 34.1 Å². The minimum absolute atomic E-state index is 0. The fourth-order valence-electron chi connectivity index (χ4n) is 1.47. The molecule has 1 saturated carbocycles. The van der Waals surface area contributed by atoms with Gasteiger partial charge >= 0.3 is 51.4 Å². The SMILES string of the molecule is CC1(C)CC(=O)CC(=O)C1.[KH]. The van der Waals surface area contributed by atoms with E-state index < -0.39 is 0 Å². The molecule has 2 nitrogen and oxygen atoms in total. The van der Waals surface area contributed by atoms with Crippen LogP contribution in [0.2, 0.25) is 0 Å². The van der Waals surface area contributed by atoms with Gasteiger partial charge in [-0.05, 0) is 5.41 Å². The average molecular weight is 180 g/mol. The summed E-state index contributed by atoms with van der Waals surface area (Å²) in [7, 11) is 0. The summed E-state index contributed by atoms with van der Waals surface area (Å²) in [6, 6.07) is 0. The summed E-state index contributed by atoms with van der Waals surface area (Å²) >= 11 is 0. The Kier molecular flexibility index (Phi) is 4.66. The maximum atomic E-state index is 10.9. The molecule has 0 aromatic carbocycles. The molecule has 0 aromatic rings. The molecule has 0 amide bonds. The zero-order valence-electron chi connectivity index (χ0n) is 6.44. The van der Waals surface area contributed by atoms with Crippen molar-refractivity contribution in [1.82, 2.24) is 0 Å². The number of hydrogen-bond acceptors (Lipinski definition) is 2. The van der Waals surface area contributed by atoms with Crippen molar-refractivity contribution < 1.29 is 9.59 Å². The van der Waals surface area contributed by atoms with Gasteiger partial charge in [-0.3, -0.25) is 9.59 Å². The predicted octanol–water partition coefficient (Wildman–Crippen LogP) is 0.686. The van der Waals surface area contributed by atoms with Crippen molar-refractivity contribution in [2.24, 2.45) is 5.41 Å². The van der Waals surface area contributed by atoms with E-state index in [0.29, 0.717) is 12.8 Å². The van der Waals surface area contributed by atoms with Gasteiger partial charge in [-0.15, -0.1) is 0 Å². The van der Waals surface area contributed by atoms with E-state index in [1.165, 1.54) is 0 Å². The Hall–Kier alpha value is 0.976. The zero-order chi connectivity index (χ0) is 7.78. The monoisotopic (exact) mass is 180 g/mol. The predicted molar refractivity (Wildman–Crippen MR) is 44.8 cm³/mol. The molecule has 0 spiro atoms. The first kappa shape index (κ1) is 12.0. The first-order chi connectivity index (χ1) is 4.49. The Morgan fingerprint density at radius 2 is 1.45 bits per heavy atom. The first-order valence-corrected chi connectivity index (χ1v) is 3.53. The van der Waals surface area contributed by atoms with Crippen molar-refractivity contribution in [3.8, 4) is 0 Å². The van der Waals surface area contributed by atoms with Crippen molar-refractivity contribution in [2.45, 2.75) is 33.1 Å². The van der Waals surface area contributed by atoms with Crippen LogP contribution in [0.4, 0.5) is 0 Å². The van der Waals surface area contributed by atoms with Crippen molar-refractivity contribution in [2.75, 3.05) is 0 Å². The van der Waals surface area contributed by atoms with E-state index in [9.17, 15) is 9.59 Å². The van der Waals surface area contributed by atoms with Crippen molar-refractivity contribution in [3.05, 3.63) is 0 Å². The van der Waals surface area contributed by atoms with E-state index >= 15 is 0 Å². The number of carbonyl (C=O) groups excluding carboxylic acids is 2. The Labute approximate surface area is 110 Å². The second-order valence-electron chi connectivity index (χ2n) is 3.77. The molecule has 11 heavy (non-hydrogen) atoms. The van der Waals surface area contributed by atoms with Crippen LogP contribution in [0.25, 0.3) is 0 Å². The standard InChI is InChI=1S/C8H12O2.K.H/c1-8(2)4-6(9)3-7(10)5-8;;/h3-5H2,1-2H3;;. The van der Waals surface area contributed by atoms with Crippen LogP contribution >= 0.6 is 0 Å². The van der Waals surface area contributed by atoms with Crippen LogP contribution in [0.15, 0.2) is 0 Å². The molecule has 0 radical (unpaired) electrons. The molecule has 0 heterocycles. The third-order valence-electron chi connectivity index (χ3n) is 1.75. The van der Waals surface area contributed by atoms with E-state index in [4.69, 9.17) is 0 Å². The van der Waals surface area contributed by atoms with Gasteiger partial charge in [0.2, 0.25) is 0 Å². The van der Waals surface area contributed by atoms with Crippen LogP contribution in [0.3, 0.4) is 0 Å². The number of rotatable bonds is 0. The molecule has 3 heteroatoms. The minimum atomic E-state index is -0.0770. The number of carbonyl (C=O) groups is 2. The molecule has 0 N–H and O–H groups in total. The summed E-state index contributed by atoms with van der Waals surface area (Å²) in [6.07, 6.45) is 1.31. The molecule has 0 aromatic heterocycles. The Morgan fingerprint density at radius 1 is 1.09 bits per heavy atom. The van der Waals surface area contributed by atoms with E-state index in [0.717, 1.165) is 0 Å². The van der Waals surface area contributed by atoms with Crippen LogP contribution in [0, 0.1) is 5.41 Å². The van der Waals surface area contributed by atoms with Gasteiger partial charge in [0.15, 0.2) is 0 Å². The second-order valence-corrected chi connectivity index (χ2v) is 3.77. The van der Waals surface area contributed by atoms with Crippen LogP contribution in [0.1, 0.15) is 33.1 Å². The Balaban J connectivity index is 0.000001000. The molecule has 0 bridgehead atoms. The second kappa shape index (κ2) is 4.28. The maximum absolute atomic E-state index is 10.9. The van der Waals surface area contributed by atoms with Crippen LogP contribution in [-0.2, 0) is 9.59 Å². The van der Waals surface area contributed by atoms with Gasteiger partial charge in [0, 0.05) is 12.8 Å². The van der Waals surface area contributed by atoms with Crippen molar-refractivity contribution in [1.29, 1.82) is 0 Å². The Morgan fingerprint density at radius 3 is 1.73 bits per heavy atom. The van der Waals surface area contributed by atoms with E-state index in [-0.39, 0.29) is 74.8 Å². The fourth-order valence-corrected chi connectivity index (χ4v) is 1.47. The summed E-state index contributed by atoms with van der Waals surface area (Å²) in [5.41, 5.74) is -0.0770. The van der Waals surface area contributed by atoms with Crippen molar-refractivity contribution >= 4 is 63.0 Å². The molecule has 1 rings (SSSR count). The van der Waals surface area contributed by atoms with Gasteiger partial charge in [-0.2, -0.15) is 0 Å². The van der Waals surface area contributed by atoms with Gasteiger partial charge in [-0.25, -0.2) is 0 Å². The van der Waals surface area contributed by atoms with Gasteiger partial charge in [-0.1, -0.05) is 13.8 Å². The molecule has 1 aliphatic rings. The molecule has 1 fully saturated rings. The summed E-state index contributed by atoms with van der Waals surface area (Å²) in [5, 5.41) is 0.